The number of nitrogens with zero attached hydrogens (tertiary/aromatic N) is 2. The maximum Gasteiger partial charge on any atom is 0.251 e. The Hall–Kier alpha value is -2.83. The van der Waals surface area contributed by atoms with E-state index < -0.39 is 5.41 Å². The minimum absolute atomic E-state index is 0.0277. The maximum atomic E-state index is 12.9. The number of likely N-dealkylation sites (N-methyl/N-ethyl adjacent to an activating group) is 1. The van der Waals surface area contributed by atoms with E-state index in [-0.39, 0.29) is 5.56 Å². The van der Waals surface area contributed by atoms with Crippen molar-refractivity contribution in [1.29, 1.82) is 0 Å². The van der Waals surface area contributed by atoms with Crippen molar-refractivity contribution >= 4 is 45.1 Å². The van der Waals surface area contributed by atoms with Gasteiger partial charge in [-0.25, -0.2) is 0 Å². The molecule has 0 N–H and O–H groups in total. The molecule has 0 spiro atoms. The van der Waals surface area contributed by atoms with Gasteiger partial charge in [0, 0.05) is 39.8 Å². The second-order valence-electron chi connectivity index (χ2n) is 8.80. The van der Waals surface area contributed by atoms with Gasteiger partial charge in [0.05, 0.1) is 10.9 Å². The number of halogens is 2. The molecule has 1 atom stereocenters. The van der Waals surface area contributed by atoms with Crippen LogP contribution in [0.25, 0.3) is 22.0 Å². The number of hydrogen-bond acceptors (Lipinski definition) is 2. The van der Waals surface area contributed by atoms with Crippen LogP contribution in [0.1, 0.15) is 25.0 Å². The van der Waals surface area contributed by atoms with Gasteiger partial charge in [-0.15, -0.1) is 0 Å². The second-order valence-corrected chi connectivity index (χ2v) is 10.5. The molecule has 0 bridgehead atoms. The molecule has 0 amide bonds. The molecule has 0 aliphatic heterocycles. The van der Waals surface area contributed by atoms with Crippen molar-refractivity contribution in [2.45, 2.75) is 19.3 Å². The molecule has 3 aromatic carbocycles. The fraction of sp³-hybridized carbons (Fsp3) is 0.167. The minimum Gasteiger partial charge on any atom is -0.354 e. The van der Waals surface area contributed by atoms with Crippen LogP contribution < -0.4 is 5.56 Å². The molecule has 3 nitrogen and oxygen atoms in total. The SMILES string of the molecule is C=CN(C)/C(=C\C)C(C)(c1ccc(Cl)cc1)c1ccc2c(c1)c(-c1cccc(I)c1)cc(=O)n2C. The Kier molecular flexibility index (Phi) is 7.25. The van der Waals surface area contributed by atoms with Crippen molar-refractivity contribution in [3.8, 4) is 11.1 Å². The monoisotopic (exact) mass is 594 g/mol. The normalized spacial score (nSPS) is 13.5. The number of aromatic nitrogens is 1. The van der Waals surface area contributed by atoms with E-state index >= 15 is 0 Å². The Labute approximate surface area is 225 Å². The quantitative estimate of drug-likeness (QED) is 0.213. The van der Waals surface area contributed by atoms with E-state index in [2.05, 4.69) is 95.6 Å². The summed E-state index contributed by atoms with van der Waals surface area (Å²) in [4.78, 5) is 14.9. The predicted octanol–water partition coefficient (Wildman–Crippen LogP) is 7.75. The lowest BCUT2D eigenvalue weighted by molar-refractivity contribution is 0.460. The van der Waals surface area contributed by atoms with Gasteiger partial charge in [-0.05, 0) is 101 Å². The van der Waals surface area contributed by atoms with Crippen LogP contribution in [0.5, 0.6) is 0 Å². The topological polar surface area (TPSA) is 25.2 Å². The van der Waals surface area contributed by atoms with Crippen molar-refractivity contribution in [3.63, 3.8) is 0 Å². The number of benzene rings is 3. The van der Waals surface area contributed by atoms with Crippen molar-refractivity contribution in [3.05, 3.63) is 127 Å². The van der Waals surface area contributed by atoms with Crippen molar-refractivity contribution in [2.24, 2.45) is 7.05 Å². The molecule has 0 aliphatic carbocycles. The number of hydrogen-bond donors (Lipinski definition) is 0. The van der Waals surface area contributed by atoms with Gasteiger partial charge in [0.15, 0.2) is 0 Å². The minimum atomic E-state index is -0.493. The van der Waals surface area contributed by atoms with Gasteiger partial charge in [-0.3, -0.25) is 4.79 Å². The van der Waals surface area contributed by atoms with Gasteiger partial charge < -0.3 is 9.47 Å². The Morgan fingerprint density at radius 2 is 1.74 bits per heavy atom. The average molecular weight is 595 g/mol. The molecular weight excluding hydrogens is 567 g/mol. The van der Waals surface area contributed by atoms with Crippen LogP contribution in [0.4, 0.5) is 0 Å². The summed E-state index contributed by atoms with van der Waals surface area (Å²) >= 11 is 8.56. The largest absolute Gasteiger partial charge is 0.354 e. The highest BCUT2D eigenvalue weighted by Crippen LogP contribution is 2.42. The third-order valence-corrected chi connectivity index (χ3v) is 7.74. The number of allylic oxidation sites excluding steroid dienone is 2. The summed E-state index contributed by atoms with van der Waals surface area (Å²) in [5.41, 5.74) is 5.65. The third kappa shape index (κ3) is 4.57. The standard InChI is InChI=1S/C30H28ClIN2O/c1-6-28(33(4)7-2)30(3,21-11-14-23(31)15-12-21)22-13-16-27-26(18-22)25(19-29(35)34(27)5)20-9-8-10-24(32)17-20/h6-19H,2H2,1,3-5H3/b28-6-. The number of rotatable bonds is 6. The fourth-order valence-corrected chi connectivity index (χ4v) is 5.52. The lowest BCUT2D eigenvalue weighted by Crippen LogP contribution is -2.33. The lowest BCUT2D eigenvalue weighted by Gasteiger charge is -2.38. The highest BCUT2D eigenvalue weighted by Gasteiger charge is 2.35. The van der Waals surface area contributed by atoms with Crippen molar-refractivity contribution in [1.82, 2.24) is 9.47 Å². The molecule has 0 saturated heterocycles. The summed E-state index contributed by atoms with van der Waals surface area (Å²) in [7, 11) is 3.84. The van der Waals surface area contributed by atoms with E-state index in [0.29, 0.717) is 5.02 Å². The first-order chi connectivity index (χ1) is 16.7. The molecule has 35 heavy (non-hydrogen) atoms. The van der Waals surface area contributed by atoms with E-state index in [9.17, 15) is 4.79 Å². The molecule has 178 valence electrons. The molecule has 1 heterocycles. The van der Waals surface area contributed by atoms with Gasteiger partial charge in [0.25, 0.3) is 5.56 Å². The van der Waals surface area contributed by atoms with Crippen LogP contribution >= 0.6 is 34.2 Å². The molecule has 1 aromatic heterocycles. The Morgan fingerprint density at radius 1 is 1.06 bits per heavy atom. The molecule has 4 aromatic rings. The third-order valence-electron chi connectivity index (χ3n) is 6.82. The van der Waals surface area contributed by atoms with Crippen LogP contribution in [0.3, 0.4) is 0 Å². The summed E-state index contributed by atoms with van der Waals surface area (Å²) in [6.07, 6.45) is 3.95. The summed E-state index contributed by atoms with van der Waals surface area (Å²) < 4.78 is 2.84. The van der Waals surface area contributed by atoms with Crippen LogP contribution in [-0.4, -0.2) is 16.5 Å². The molecule has 0 radical (unpaired) electrons. The molecule has 0 saturated carbocycles. The Balaban J connectivity index is 2.08. The lowest BCUT2D eigenvalue weighted by atomic mass is 9.72. The zero-order chi connectivity index (χ0) is 25.3. The van der Waals surface area contributed by atoms with E-state index in [0.717, 1.165) is 42.4 Å². The Bertz CT molecular complexity index is 1500. The molecule has 0 fully saturated rings. The van der Waals surface area contributed by atoms with Gasteiger partial charge in [-0.1, -0.05) is 54.6 Å². The summed E-state index contributed by atoms with van der Waals surface area (Å²) in [5.74, 6) is 0. The summed E-state index contributed by atoms with van der Waals surface area (Å²) in [6, 6.07) is 24.4. The number of fused-ring (bicyclic) bond motifs is 1. The number of pyridine rings is 1. The highest BCUT2D eigenvalue weighted by molar-refractivity contribution is 14.1. The van der Waals surface area contributed by atoms with Gasteiger partial charge in [0.2, 0.25) is 0 Å². The zero-order valence-corrected chi connectivity index (χ0v) is 23.3. The average Bonchev–Trinajstić information content (AvgIpc) is 2.86. The molecule has 4 rings (SSSR count). The first kappa shape index (κ1) is 25.3. The molecule has 1 unspecified atom stereocenters. The van der Waals surface area contributed by atoms with E-state index in [1.165, 1.54) is 0 Å². The first-order valence-corrected chi connectivity index (χ1v) is 12.8. The van der Waals surface area contributed by atoms with Gasteiger partial charge in [0.1, 0.15) is 0 Å². The van der Waals surface area contributed by atoms with Crippen LogP contribution in [0.15, 0.2) is 102 Å². The highest BCUT2D eigenvalue weighted by atomic mass is 127. The fourth-order valence-electron chi connectivity index (χ4n) is 4.86. The van der Waals surface area contributed by atoms with Gasteiger partial charge in [-0.2, -0.15) is 0 Å². The van der Waals surface area contributed by atoms with Crippen LogP contribution in [-0.2, 0) is 12.5 Å². The molecule has 5 heteroatoms. The second kappa shape index (κ2) is 10.0. The van der Waals surface area contributed by atoms with E-state index in [4.69, 9.17) is 11.6 Å². The molecule has 0 aliphatic rings. The van der Waals surface area contributed by atoms with Crippen molar-refractivity contribution < 1.29 is 0 Å². The van der Waals surface area contributed by atoms with Crippen LogP contribution in [0.2, 0.25) is 5.02 Å². The maximum absolute atomic E-state index is 12.9. The zero-order valence-electron chi connectivity index (χ0n) is 20.3. The van der Waals surface area contributed by atoms with Crippen molar-refractivity contribution in [2.75, 3.05) is 7.05 Å². The summed E-state index contributed by atoms with van der Waals surface area (Å²) in [5, 5.41) is 1.73. The van der Waals surface area contributed by atoms with Crippen LogP contribution in [0, 0.1) is 3.57 Å². The summed E-state index contributed by atoms with van der Waals surface area (Å²) in [6.45, 7) is 8.27. The molecular formula is C30H28ClIN2O. The first-order valence-electron chi connectivity index (χ1n) is 11.4. The predicted molar refractivity (Wildman–Crippen MR) is 157 cm³/mol. The van der Waals surface area contributed by atoms with E-state index in [1.54, 1.807) is 10.6 Å². The number of aryl methyl sites for hydroxylation is 1. The Morgan fingerprint density at radius 3 is 2.37 bits per heavy atom. The van der Waals surface area contributed by atoms with E-state index in [1.807, 2.05) is 45.4 Å². The smallest absolute Gasteiger partial charge is 0.251 e. The van der Waals surface area contributed by atoms with Gasteiger partial charge >= 0.3 is 0 Å².